The molecule has 6 nitrogen and oxygen atoms in total. The van der Waals surface area contributed by atoms with Crippen LogP contribution in [0.25, 0.3) is 0 Å². The number of hydrogen-bond acceptors (Lipinski definition) is 4. The first-order valence-corrected chi connectivity index (χ1v) is 10.6. The molecule has 2 rings (SSSR count). The summed E-state index contributed by atoms with van der Waals surface area (Å²) in [4.78, 5) is -0.0705. The Kier molecular flexibility index (Phi) is 5.37. The minimum Gasteiger partial charge on any atom is -0.213 e. The Bertz CT molecular complexity index is 790. The van der Waals surface area contributed by atoms with Crippen LogP contribution in [0.15, 0.2) is 23.1 Å². The van der Waals surface area contributed by atoms with Crippen LogP contribution < -0.4 is 0 Å². The Morgan fingerprint density at radius 3 is 2.26 bits per heavy atom. The summed E-state index contributed by atoms with van der Waals surface area (Å²) in [6, 6.07) is 3.04. The van der Waals surface area contributed by atoms with Gasteiger partial charge in [0.15, 0.2) is 0 Å². The molecule has 0 aromatic heterocycles. The van der Waals surface area contributed by atoms with Crippen molar-refractivity contribution < 1.29 is 21.2 Å². The van der Waals surface area contributed by atoms with Gasteiger partial charge in [-0.05, 0) is 31.0 Å². The lowest BCUT2D eigenvalue weighted by Crippen LogP contribution is -2.46. The van der Waals surface area contributed by atoms with Gasteiger partial charge in [-0.3, -0.25) is 0 Å². The van der Waals surface area contributed by atoms with E-state index in [0.717, 1.165) is 18.4 Å². The van der Waals surface area contributed by atoms with E-state index in [4.69, 9.17) is 11.6 Å². The van der Waals surface area contributed by atoms with Gasteiger partial charge in [0.25, 0.3) is 0 Å². The van der Waals surface area contributed by atoms with Crippen LogP contribution in [0.5, 0.6) is 0 Å². The van der Waals surface area contributed by atoms with Gasteiger partial charge in [0.1, 0.15) is 5.82 Å². The van der Waals surface area contributed by atoms with Gasteiger partial charge in [0.05, 0.1) is 16.2 Å². The quantitative estimate of drug-likeness (QED) is 0.788. The molecule has 0 amide bonds. The molecule has 1 aliphatic heterocycles. The molecule has 1 aromatic rings. The van der Waals surface area contributed by atoms with Crippen molar-refractivity contribution in [3.63, 3.8) is 0 Å². The topological polar surface area (TPSA) is 74.8 Å². The zero-order valence-corrected chi connectivity index (χ0v) is 15.1. The van der Waals surface area contributed by atoms with Crippen molar-refractivity contribution in [1.82, 2.24) is 8.61 Å². The second-order valence-corrected chi connectivity index (χ2v) is 9.88. The minimum atomic E-state index is -3.77. The van der Waals surface area contributed by atoms with Gasteiger partial charge in [0.2, 0.25) is 20.0 Å². The van der Waals surface area contributed by atoms with Gasteiger partial charge in [-0.2, -0.15) is 4.31 Å². The number of hydrogen-bond donors (Lipinski definition) is 0. The van der Waals surface area contributed by atoms with E-state index in [1.807, 2.05) is 0 Å². The molecule has 0 radical (unpaired) electrons. The van der Waals surface area contributed by atoms with Gasteiger partial charge in [-0.25, -0.2) is 25.5 Å². The van der Waals surface area contributed by atoms with Crippen LogP contribution in [0.1, 0.15) is 12.8 Å². The molecule has 0 N–H and O–H groups in total. The molecule has 1 heterocycles. The van der Waals surface area contributed by atoms with E-state index in [1.54, 1.807) is 0 Å². The fourth-order valence-corrected chi connectivity index (χ4v) is 5.00. The van der Waals surface area contributed by atoms with Gasteiger partial charge in [-0.15, -0.1) is 0 Å². The molecule has 0 bridgehead atoms. The number of rotatable bonds is 4. The monoisotopic (exact) mass is 384 g/mol. The van der Waals surface area contributed by atoms with E-state index >= 15 is 0 Å². The highest BCUT2D eigenvalue weighted by Gasteiger charge is 2.33. The van der Waals surface area contributed by atoms with Crippen molar-refractivity contribution in [3.05, 3.63) is 29.0 Å². The molecule has 0 unspecified atom stereocenters. The number of piperidine rings is 1. The maximum atomic E-state index is 13.2. The second-order valence-electron chi connectivity index (χ2n) is 5.49. The molecule has 1 aliphatic rings. The normalized spacial score (nSPS) is 18.5. The third-order valence-corrected chi connectivity index (χ3v) is 7.52. The first-order chi connectivity index (χ1) is 10.5. The molecular weight excluding hydrogens is 367 g/mol. The van der Waals surface area contributed by atoms with E-state index in [9.17, 15) is 21.2 Å². The average Bonchev–Trinajstić information content (AvgIpc) is 2.48. The standard InChI is InChI=1S/C13H18ClFN2O4S2/c1-16(22(2,18)19)10-5-7-17(8-6-10)23(20,21)11-3-4-13(15)12(14)9-11/h3-4,9-10H,5-8H2,1-2H3. The highest BCUT2D eigenvalue weighted by atomic mass is 35.5. The summed E-state index contributed by atoms with van der Waals surface area (Å²) in [5.74, 6) is -0.681. The molecule has 10 heteroatoms. The third kappa shape index (κ3) is 4.03. The van der Waals surface area contributed by atoms with Crippen LogP contribution in [-0.2, 0) is 20.0 Å². The molecule has 0 aliphatic carbocycles. The zero-order valence-electron chi connectivity index (χ0n) is 12.7. The van der Waals surface area contributed by atoms with Crippen LogP contribution in [0.3, 0.4) is 0 Å². The SMILES string of the molecule is CN(C1CCN(S(=O)(=O)c2ccc(F)c(Cl)c2)CC1)S(C)(=O)=O. The third-order valence-electron chi connectivity index (χ3n) is 3.99. The smallest absolute Gasteiger partial charge is 0.213 e. The Morgan fingerprint density at radius 2 is 1.78 bits per heavy atom. The van der Waals surface area contributed by atoms with Crippen LogP contribution in [0, 0.1) is 5.82 Å². The molecule has 0 spiro atoms. The zero-order chi connectivity index (χ0) is 17.4. The van der Waals surface area contributed by atoms with E-state index < -0.39 is 25.9 Å². The average molecular weight is 385 g/mol. The van der Waals surface area contributed by atoms with E-state index in [0.29, 0.717) is 12.8 Å². The first kappa shape index (κ1) is 18.6. The van der Waals surface area contributed by atoms with Gasteiger partial charge in [-0.1, -0.05) is 11.6 Å². The summed E-state index contributed by atoms with van der Waals surface area (Å²) < 4.78 is 63.9. The summed E-state index contributed by atoms with van der Waals surface area (Å²) in [7, 11) is -5.59. The van der Waals surface area contributed by atoms with Gasteiger partial charge >= 0.3 is 0 Å². The number of sulfonamides is 2. The molecule has 130 valence electrons. The van der Waals surface area contributed by atoms with Gasteiger partial charge < -0.3 is 0 Å². The van der Waals surface area contributed by atoms with Gasteiger partial charge in [0, 0.05) is 26.2 Å². The Morgan fingerprint density at radius 1 is 1.22 bits per heavy atom. The van der Waals surface area contributed by atoms with Crippen LogP contribution >= 0.6 is 11.6 Å². The highest BCUT2D eigenvalue weighted by molar-refractivity contribution is 7.89. The maximum Gasteiger partial charge on any atom is 0.243 e. The lowest BCUT2D eigenvalue weighted by molar-refractivity contribution is 0.239. The van der Waals surface area contributed by atoms with Crippen molar-refractivity contribution in [1.29, 1.82) is 0 Å². The lowest BCUT2D eigenvalue weighted by atomic mass is 10.1. The Balaban J connectivity index is 2.14. The van der Waals surface area contributed by atoms with Crippen molar-refractivity contribution in [3.8, 4) is 0 Å². The molecule has 0 saturated carbocycles. The largest absolute Gasteiger partial charge is 0.243 e. The summed E-state index contributed by atoms with van der Waals surface area (Å²) in [6.45, 7) is 0.393. The predicted octanol–water partition coefficient (Wildman–Crippen LogP) is 1.52. The van der Waals surface area contributed by atoms with E-state index in [-0.39, 0.29) is 29.0 Å². The van der Waals surface area contributed by atoms with Crippen molar-refractivity contribution in [2.45, 2.75) is 23.8 Å². The van der Waals surface area contributed by atoms with Crippen molar-refractivity contribution >= 4 is 31.6 Å². The van der Waals surface area contributed by atoms with Crippen LogP contribution in [-0.4, -0.2) is 57.9 Å². The summed E-state index contributed by atoms with van der Waals surface area (Å²) in [6.07, 6.45) is 1.92. The first-order valence-electron chi connectivity index (χ1n) is 6.91. The van der Waals surface area contributed by atoms with Crippen molar-refractivity contribution in [2.75, 3.05) is 26.4 Å². The van der Waals surface area contributed by atoms with E-state index in [2.05, 4.69) is 0 Å². The summed E-state index contributed by atoms with van der Waals surface area (Å²) in [5, 5.41) is -0.252. The van der Waals surface area contributed by atoms with Crippen LogP contribution in [0.4, 0.5) is 4.39 Å². The highest BCUT2D eigenvalue weighted by Crippen LogP contribution is 2.26. The predicted molar refractivity (Wildman–Crippen MR) is 85.8 cm³/mol. The van der Waals surface area contributed by atoms with Crippen molar-refractivity contribution in [2.24, 2.45) is 0 Å². The fraction of sp³-hybridized carbons (Fsp3) is 0.538. The Labute approximate surface area is 140 Å². The molecule has 1 aromatic carbocycles. The van der Waals surface area contributed by atoms with E-state index in [1.165, 1.54) is 21.7 Å². The maximum absolute atomic E-state index is 13.2. The molecule has 23 heavy (non-hydrogen) atoms. The lowest BCUT2D eigenvalue weighted by Gasteiger charge is -2.35. The Hall–Kier alpha value is -0.740. The number of halogens is 2. The second kappa shape index (κ2) is 6.64. The molecular formula is C13H18ClFN2O4S2. The fourth-order valence-electron chi connectivity index (χ4n) is 2.50. The number of benzene rings is 1. The molecule has 0 atom stereocenters. The van der Waals surface area contributed by atoms with Crippen LogP contribution in [0.2, 0.25) is 5.02 Å². The summed E-state index contributed by atoms with van der Waals surface area (Å²) in [5.41, 5.74) is 0. The minimum absolute atomic E-state index is 0.0705. The molecule has 1 fully saturated rings. The molecule has 1 saturated heterocycles. The number of nitrogens with zero attached hydrogens (tertiary/aromatic N) is 2. The summed E-state index contributed by atoms with van der Waals surface area (Å²) >= 11 is 5.64.